The Morgan fingerprint density at radius 1 is 1.26 bits per heavy atom. The van der Waals surface area contributed by atoms with Crippen molar-refractivity contribution in [3.05, 3.63) is 34.9 Å². The third-order valence-corrected chi connectivity index (χ3v) is 4.91. The predicted molar refractivity (Wildman–Crippen MR) is 82.4 cm³/mol. The molecule has 0 radical (unpaired) electrons. The molecule has 0 aromatic heterocycles. The fourth-order valence-electron chi connectivity index (χ4n) is 3.19. The van der Waals surface area contributed by atoms with Crippen LogP contribution >= 0.6 is 11.6 Å². The van der Waals surface area contributed by atoms with Crippen molar-refractivity contribution >= 4 is 11.6 Å². The highest BCUT2D eigenvalue weighted by atomic mass is 35.5. The van der Waals surface area contributed by atoms with Crippen LogP contribution in [0, 0.1) is 11.8 Å². The fraction of sp³-hybridized carbons (Fsp3) is 0.625. The predicted octanol–water partition coefficient (Wildman–Crippen LogP) is 3.71. The van der Waals surface area contributed by atoms with Crippen molar-refractivity contribution in [2.45, 2.75) is 32.2 Å². The molecule has 1 aliphatic carbocycles. The van der Waals surface area contributed by atoms with Gasteiger partial charge in [0, 0.05) is 17.6 Å². The molecule has 3 unspecified atom stereocenters. The minimum atomic E-state index is 0.427. The highest BCUT2D eigenvalue weighted by Crippen LogP contribution is 2.33. The summed E-state index contributed by atoms with van der Waals surface area (Å²) in [6.07, 6.45) is 3.99. The molecule has 0 saturated heterocycles. The van der Waals surface area contributed by atoms with Gasteiger partial charge in [-0.1, -0.05) is 30.2 Å². The molecule has 106 valence electrons. The van der Waals surface area contributed by atoms with E-state index in [1.54, 1.807) is 0 Å². The van der Waals surface area contributed by atoms with E-state index in [0.717, 1.165) is 29.9 Å². The Balaban J connectivity index is 1.95. The molecular weight excluding hydrogens is 256 g/mol. The second kappa shape index (κ2) is 6.74. The lowest BCUT2D eigenvalue weighted by Crippen LogP contribution is -2.32. The van der Waals surface area contributed by atoms with Crippen LogP contribution in [0.5, 0.6) is 0 Å². The van der Waals surface area contributed by atoms with Gasteiger partial charge in [0.2, 0.25) is 0 Å². The van der Waals surface area contributed by atoms with Crippen molar-refractivity contribution in [3.63, 3.8) is 0 Å². The zero-order chi connectivity index (χ0) is 13.8. The van der Waals surface area contributed by atoms with E-state index in [4.69, 9.17) is 17.3 Å². The van der Waals surface area contributed by atoms with Gasteiger partial charge in [-0.05, 0) is 62.9 Å². The minimum Gasteiger partial charge on any atom is -0.330 e. The maximum Gasteiger partial charge on any atom is 0.0406 e. The molecule has 1 saturated carbocycles. The Hall–Kier alpha value is -0.570. The van der Waals surface area contributed by atoms with Crippen molar-refractivity contribution < 1.29 is 0 Å². The topological polar surface area (TPSA) is 29.3 Å². The normalized spacial score (nSPS) is 24.9. The smallest absolute Gasteiger partial charge is 0.0406 e. The molecule has 3 heteroatoms. The van der Waals surface area contributed by atoms with E-state index in [-0.39, 0.29) is 0 Å². The van der Waals surface area contributed by atoms with E-state index in [0.29, 0.717) is 6.04 Å². The lowest BCUT2D eigenvalue weighted by molar-refractivity contribution is 0.197. The number of nitrogens with zero attached hydrogens (tertiary/aromatic N) is 1. The van der Waals surface area contributed by atoms with Gasteiger partial charge >= 0.3 is 0 Å². The van der Waals surface area contributed by atoms with E-state index < -0.39 is 0 Å². The Morgan fingerprint density at radius 3 is 2.53 bits per heavy atom. The van der Waals surface area contributed by atoms with Gasteiger partial charge in [0.1, 0.15) is 0 Å². The van der Waals surface area contributed by atoms with Gasteiger partial charge in [-0.25, -0.2) is 0 Å². The molecule has 0 heterocycles. The summed E-state index contributed by atoms with van der Waals surface area (Å²) in [7, 11) is 2.21. The summed E-state index contributed by atoms with van der Waals surface area (Å²) in [6, 6.07) is 8.62. The van der Waals surface area contributed by atoms with Crippen LogP contribution in [0.25, 0.3) is 0 Å². The maximum atomic E-state index is 5.94. The van der Waals surface area contributed by atoms with E-state index in [1.165, 1.54) is 24.8 Å². The second-order valence-electron chi connectivity index (χ2n) is 5.85. The van der Waals surface area contributed by atoms with Gasteiger partial charge in [0.05, 0.1) is 0 Å². The van der Waals surface area contributed by atoms with Crippen LogP contribution in [0.15, 0.2) is 24.3 Å². The van der Waals surface area contributed by atoms with E-state index in [1.807, 2.05) is 12.1 Å². The summed E-state index contributed by atoms with van der Waals surface area (Å²) in [4.78, 5) is 2.45. The first-order valence-corrected chi connectivity index (χ1v) is 7.65. The summed E-state index contributed by atoms with van der Waals surface area (Å²) in [5, 5.41) is 0.803. The first kappa shape index (κ1) is 14.8. The third kappa shape index (κ3) is 3.71. The molecule has 3 atom stereocenters. The number of rotatable bonds is 5. The summed E-state index contributed by atoms with van der Waals surface area (Å²) >= 11 is 5.94. The molecule has 0 spiro atoms. The van der Waals surface area contributed by atoms with Crippen LogP contribution in [0.4, 0.5) is 0 Å². The Bertz CT molecular complexity index is 390. The SMILES string of the molecule is CC(c1ccc(Cl)cc1)N(C)CC1CCCC1CN. The quantitative estimate of drug-likeness (QED) is 0.891. The van der Waals surface area contributed by atoms with Crippen molar-refractivity contribution in [2.75, 3.05) is 20.1 Å². The van der Waals surface area contributed by atoms with Crippen LogP contribution in [0.3, 0.4) is 0 Å². The fourth-order valence-corrected chi connectivity index (χ4v) is 3.31. The van der Waals surface area contributed by atoms with Crippen molar-refractivity contribution in [3.8, 4) is 0 Å². The molecule has 2 rings (SSSR count). The van der Waals surface area contributed by atoms with E-state index >= 15 is 0 Å². The summed E-state index contributed by atoms with van der Waals surface area (Å²) < 4.78 is 0. The highest BCUT2D eigenvalue weighted by Gasteiger charge is 2.28. The average molecular weight is 281 g/mol. The van der Waals surface area contributed by atoms with Gasteiger partial charge in [-0.15, -0.1) is 0 Å². The molecule has 1 aromatic rings. The Labute approximate surface area is 121 Å². The van der Waals surface area contributed by atoms with Crippen LogP contribution in [0.2, 0.25) is 5.02 Å². The summed E-state index contributed by atoms with van der Waals surface area (Å²) in [6.45, 7) is 4.25. The maximum absolute atomic E-state index is 5.94. The zero-order valence-corrected chi connectivity index (χ0v) is 12.7. The van der Waals surface area contributed by atoms with Crippen molar-refractivity contribution in [1.82, 2.24) is 4.90 Å². The van der Waals surface area contributed by atoms with Gasteiger partial charge < -0.3 is 5.73 Å². The number of benzene rings is 1. The van der Waals surface area contributed by atoms with Gasteiger partial charge in [0.15, 0.2) is 0 Å². The monoisotopic (exact) mass is 280 g/mol. The lowest BCUT2D eigenvalue weighted by Gasteiger charge is -2.30. The van der Waals surface area contributed by atoms with Crippen molar-refractivity contribution in [1.29, 1.82) is 0 Å². The molecule has 19 heavy (non-hydrogen) atoms. The summed E-state index contributed by atoms with van der Waals surface area (Å²) in [5.74, 6) is 1.49. The van der Waals surface area contributed by atoms with Crippen molar-refractivity contribution in [2.24, 2.45) is 17.6 Å². The van der Waals surface area contributed by atoms with Gasteiger partial charge in [-0.2, -0.15) is 0 Å². The summed E-state index contributed by atoms with van der Waals surface area (Å²) in [5.41, 5.74) is 7.20. The zero-order valence-electron chi connectivity index (χ0n) is 12.0. The van der Waals surface area contributed by atoms with Crippen LogP contribution in [-0.2, 0) is 0 Å². The first-order chi connectivity index (χ1) is 9.11. The first-order valence-electron chi connectivity index (χ1n) is 7.27. The lowest BCUT2D eigenvalue weighted by atomic mass is 9.95. The highest BCUT2D eigenvalue weighted by molar-refractivity contribution is 6.30. The molecule has 1 aliphatic rings. The van der Waals surface area contributed by atoms with Gasteiger partial charge in [-0.3, -0.25) is 4.90 Å². The average Bonchev–Trinajstić information content (AvgIpc) is 2.86. The largest absolute Gasteiger partial charge is 0.330 e. The molecule has 2 nitrogen and oxygen atoms in total. The van der Waals surface area contributed by atoms with E-state index in [9.17, 15) is 0 Å². The second-order valence-corrected chi connectivity index (χ2v) is 6.29. The molecular formula is C16H25ClN2. The molecule has 0 bridgehead atoms. The van der Waals surface area contributed by atoms with Crippen LogP contribution < -0.4 is 5.73 Å². The number of nitrogens with two attached hydrogens (primary N) is 1. The standard InChI is InChI=1S/C16H25ClN2/c1-12(13-6-8-16(17)9-7-13)19(2)11-15-5-3-4-14(15)10-18/h6-9,12,14-15H,3-5,10-11,18H2,1-2H3. The van der Waals surface area contributed by atoms with Crippen LogP contribution in [-0.4, -0.2) is 25.0 Å². The number of halogens is 1. The molecule has 1 aromatic carbocycles. The molecule has 2 N–H and O–H groups in total. The molecule has 0 aliphatic heterocycles. The Morgan fingerprint density at radius 2 is 1.89 bits per heavy atom. The molecule has 0 amide bonds. The number of hydrogen-bond donors (Lipinski definition) is 1. The Kier molecular flexibility index (Phi) is 5.26. The third-order valence-electron chi connectivity index (χ3n) is 4.66. The molecule has 1 fully saturated rings. The minimum absolute atomic E-state index is 0.427. The number of hydrogen-bond acceptors (Lipinski definition) is 2. The van der Waals surface area contributed by atoms with Gasteiger partial charge in [0.25, 0.3) is 0 Å². The van der Waals surface area contributed by atoms with E-state index in [2.05, 4.69) is 31.0 Å². The van der Waals surface area contributed by atoms with Crippen LogP contribution in [0.1, 0.15) is 37.8 Å².